The summed E-state index contributed by atoms with van der Waals surface area (Å²) in [7, 11) is 0. The van der Waals surface area contributed by atoms with E-state index in [4.69, 9.17) is 5.73 Å². The topological polar surface area (TPSA) is 75.4 Å². The predicted octanol–water partition coefficient (Wildman–Crippen LogP) is 3.43. The largest absolute Gasteiger partial charge is 0.369 e. The molecule has 3 N–H and O–H groups in total. The summed E-state index contributed by atoms with van der Waals surface area (Å²) in [6.45, 7) is 4.41. The van der Waals surface area contributed by atoms with Gasteiger partial charge in [0.15, 0.2) is 0 Å². The second-order valence-electron chi connectivity index (χ2n) is 7.36. The number of likely N-dealkylation sites (tertiary alicyclic amines) is 1. The van der Waals surface area contributed by atoms with Crippen molar-refractivity contribution in [2.24, 2.45) is 11.7 Å². The van der Waals surface area contributed by atoms with Crippen LogP contribution in [0, 0.1) is 5.92 Å². The first-order valence-electron chi connectivity index (χ1n) is 9.66. The third-order valence-corrected chi connectivity index (χ3v) is 5.11. The molecule has 0 spiro atoms. The molecule has 5 heteroatoms. The summed E-state index contributed by atoms with van der Waals surface area (Å²) in [5.74, 6) is -0.400. The maximum atomic E-state index is 12.3. The van der Waals surface area contributed by atoms with Crippen molar-refractivity contribution < 1.29 is 9.59 Å². The van der Waals surface area contributed by atoms with E-state index in [1.807, 2.05) is 61.5 Å². The number of nitrogens with two attached hydrogens (primary N) is 1. The second kappa shape index (κ2) is 9.33. The highest BCUT2D eigenvalue weighted by Crippen LogP contribution is 2.19. The van der Waals surface area contributed by atoms with Crippen molar-refractivity contribution in [3.63, 3.8) is 0 Å². The molecule has 1 fully saturated rings. The molecule has 1 atom stereocenters. The molecule has 0 aromatic heterocycles. The monoisotopic (exact) mass is 377 g/mol. The maximum Gasteiger partial charge on any atom is 0.248 e. The number of carbonyl (C=O) groups excluding carboxylic acids is 2. The summed E-state index contributed by atoms with van der Waals surface area (Å²) in [6.07, 6.45) is 3.49. The lowest BCUT2D eigenvalue weighted by atomic mass is 9.97. The van der Waals surface area contributed by atoms with Gasteiger partial charge in [-0.25, -0.2) is 0 Å². The van der Waals surface area contributed by atoms with Gasteiger partial charge in [0.1, 0.15) is 0 Å². The Hall–Kier alpha value is -2.92. The fraction of sp³-hybridized carbons (Fsp3) is 0.304. The first kappa shape index (κ1) is 19.8. The van der Waals surface area contributed by atoms with E-state index >= 15 is 0 Å². The average Bonchev–Trinajstić information content (AvgIpc) is 2.70. The molecule has 146 valence electrons. The van der Waals surface area contributed by atoms with Crippen LogP contribution in [-0.2, 0) is 16.1 Å². The van der Waals surface area contributed by atoms with Crippen molar-refractivity contribution >= 4 is 23.1 Å². The van der Waals surface area contributed by atoms with Gasteiger partial charge in [-0.3, -0.25) is 14.5 Å². The lowest BCUT2D eigenvalue weighted by Crippen LogP contribution is -2.40. The first-order valence-corrected chi connectivity index (χ1v) is 9.66. The van der Waals surface area contributed by atoms with Crippen LogP contribution in [0.5, 0.6) is 0 Å². The Kier molecular flexibility index (Phi) is 6.61. The van der Waals surface area contributed by atoms with Gasteiger partial charge < -0.3 is 11.1 Å². The highest BCUT2D eigenvalue weighted by Gasteiger charge is 2.23. The van der Waals surface area contributed by atoms with Crippen molar-refractivity contribution in [1.82, 2.24) is 4.90 Å². The van der Waals surface area contributed by atoms with E-state index in [9.17, 15) is 9.59 Å². The highest BCUT2D eigenvalue weighted by atomic mass is 16.1. The first-order chi connectivity index (χ1) is 13.5. The summed E-state index contributed by atoms with van der Waals surface area (Å²) in [5.41, 5.74) is 9.32. The van der Waals surface area contributed by atoms with Crippen LogP contribution in [-0.4, -0.2) is 29.8 Å². The highest BCUT2D eigenvalue weighted by molar-refractivity contribution is 6.03. The fourth-order valence-electron chi connectivity index (χ4n) is 3.54. The summed E-state index contributed by atoms with van der Waals surface area (Å²) < 4.78 is 0. The number of rotatable bonds is 6. The van der Waals surface area contributed by atoms with Gasteiger partial charge in [-0.05, 0) is 55.1 Å². The summed E-state index contributed by atoms with van der Waals surface area (Å²) >= 11 is 0. The summed E-state index contributed by atoms with van der Waals surface area (Å²) in [4.78, 5) is 25.9. The normalized spacial score (nSPS) is 17.9. The number of allylic oxidation sites excluding steroid dienone is 1. The Labute approximate surface area is 166 Å². The molecule has 2 aromatic rings. The van der Waals surface area contributed by atoms with E-state index in [0.29, 0.717) is 0 Å². The number of hydrogen-bond acceptors (Lipinski definition) is 3. The lowest BCUT2D eigenvalue weighted by molar-refractivity contribution is -0.123. The Morgan fingerprint density at radius 3 is 2.54 bits per heavy atom. The second-order valence-corrected chi connectivity index (χ2v) is 7.36. The third kappa shape index (κ3) is 5.54. The van der Waals surface area contributed by atoms with Gasteiger partial charge >= 0.3 is 0 Å². The van der Waals surface area contributed by atoms with Gasteiger partial charge in [0, 0.05) is 24.9 Å². The number of primary amides is 1. The molecule has 0 radical (unpaired) electrons. The van der Waals surface area contributed by atoms with Crippen molar-refractivity contribution in [3.05, 3.63) is 71.8 Å². The number of benzene rings is 2. The van der Waals surface area contributed by atoms with Crippen LogP contribution in [0.4, 0.5) is 5.69 Å². The van der Waals surface area contributed by atoms with E-state index in [1.165, 1.54) is 0 Å². The molecular weight excluding hydrogens is 350 g/mol. The molecule has 2 aromatic carbocycles. The van der Waals surface area contributed by atoms with Crippen LogP contribution in [0.15, 0.2) is 60.7 Å². The molecule has 0 saturated carbocycles. The molecule has 5 nitrogen and oxygen atoms in total. The van der Waals surface area contributed by atoms with Gasteiger partial charge in [0.2, 0.25) is 11.8 Å². The fourth-order valence-corrected chi connectivity index (χ4v) is 3.54. The molecule has 1 saturated heterocycles. The Morgan fingerprint density at radius 2 is 1.86 bits per heavy atom. The minimum atomic E-state index is -0.207. The van der Waals surface area contributed by atoms with Gasteiger partial charge in [-0.15, -0.1) is 0 Å². The molecule has 1 aliphatic rings. The number of amides is 2. The van der Waals surface area contributed by atoms with Gasteiger partial charge in [0.25, 0.3) is 0 Å². The van der Waals surface area contributed by atoms with E-state index in [0.717, 1.165) is 54.9 Å². The summed E-state index contributed by atoms with van der Waals surface area (Å²) in [6, 6.07) is 17.7. The van der Waals surface area contributed by atoms with Crippen LogP contribution >= 0.6 is 0 Å². The zero-order valence-electron chi connectivity index (χ0n) is 16.2. The van der Waals surface area contributed by atoms with Crippen LogP contribution in [0.2, 0.25) is 0 Å². The van der Waals surface area contributed by atoms with Crippen molar-refractivity contribution in [2.45, 2.75) is 26.3 Å². The van der Waals surface area contributed by atoms with Gasteiger partial charge in [-0.1, -0.05) is 42.5 Å². The molecule has 3 rings (SSSR count). The Bertz CT molecular complexity index is 844. The number of carbonyl (C=O) groups is 2. The lowest BCUT2D eigenvalue weighted by Gasteiger charge is -2.31. The van der Waals surface area contributed by atoms with Crippen molar-refractivity contribution in [2.75, 3.05) is 18.4 Å². The number of hydrogen-bond donors (Lipinski definition) is 2. The van der Waals surface area contributed by atoms with Crippen molar-refractivity contribution in [3.8, 4) is 0 Å². The summed E-state index contributed by atoms with van der Waals surface area (Å²) in [5, 5.41) is 2.91. The zero-order valence-corrected chi connectivity index (χ0v) is 16.2. The minimum Gasteiger partial charge on any atom is -0.369 e. The average molecular weight is 377 g/mol. The molecule has 1 aliphatic heterocycles. The van der Waals surface area contributed by atoms with E-state index in [2.05, 4.69) is 10.2 Å². The SMILES string of the molecule is C/C(=C/C(=O)Nc1ccc(CN2CCCC(C(N)=O)C2)cc1)c1ccccc1. The quantitative estimate of drug-likeness (QED) is 0.758. The van der Waals surface area contributed by atoms with E-state index in [-0.39, 0.29) is 17.7 Å². The predicted molar refractivity (Wildman–Crippen MR) is 112 cm³/mol. The van der Waals surface area contributed by atoms with Gasteiger partial charge in [-0.2, -0.15) is 0 Å². The van der Waals surface area contributed by atoms with Crippen LogP contribution < -0.4 is 11.1 Å². The van der Waals surface area contributed by atoms with Gasteiger partial charge in [0.05, 0.1) is 5.92 Å². The number of nitrogens with zero attached hydrogens (tertiary/aromatic N) is 1. The molecule has 28 heavy (non-hydrogen) atoms. The van der Waals surface area contributed by atoms with E-state index in [1.54, 1.807) is 6.08 Å². The molecule has 0 aliphatic carbocycles. The third-order valence-electron chi connectivity index (χ3n) is 5.11. The smallest absolute Gasteiger partial charge is 0.248 e. The number of anilines is 1. The molecule has 1 heterocycles. The van der Waals surface area contributed by atoms with Crippen LogP contribution in [0.1, 0.15) is 30.9 Å². The van der Waals surface area contributed by atoms with Crippen LogP contribution in [0.3, 0.4) is 0 Å². The Balaban J connectivity index is 1.55. The molecular formula is C23H27N3O2. The molecule has 0 bridgehead atoms. The Morgan fingerprint density at radius 1 is 1.14 bits per heavy atom. The molecule has 2 amide bonds. The minimum absolute atomic E-state index is 0.0491. The maximum absolute atomic E-state index is 12.3. The molecule has 1 unspecified atom stereocenters. The van der Waals surface area contributed by atoms with Crippen molar-refractivity contribution in [1.29, 1.82) is 0 Å². The number of piperidine rings is 1. The van der Waals surface area contributed by atoms with Crippen LogP contribution in [0.25, 0.3) is 5.57 Å². The standard InChI is InChI=1S/C23H27N3O2/c1-17(19-6-3-2-4-7-19)14-22(27)25-21-11-9-18(10-12-21)15-26-13-5-8-20(16-26)23(24)28/h2-4,6-7,9-12,14,20H,5,8,13,15-16H2,1H3,(H2,24,28)(H,25,27)/b17-14-. The number of nitrogens with one attached hydrogen (secondary N) is 1. The zero-order chi connectivity index (χ0) is 19.9. The van der Waals surface area contributed by atoms with E-state index < -0.39 is 0 Å².